The van der Waals surface area contributed by atoms with Crippen molar-refractivity contribution in [2.24, 2.45) is 4.99 Å². The molecule has 6 heteroatoms. The molecule has 0 unspecified atom stereocenters. The van der Waals surface area contributed by atoms with E-state index in [0.29, 0.717) is 23.2 Å². The van der Waals surface area contributed by atoms with Gasteiger partial charge in [-0.2, -0.15) is 0 Å². The molecule has 140 valence electrons. The van der Waals surface area contributed by atoms with Crippen LogP contribution in [-0.4, -0.2) is 36.2 Å². The van der Waals surface area contributed by atoms with Gasteiger partial charge in [-0.15, -0.1) is 0 Å². The zero-order valence-electron chi connectivity index (χ0n) is 15.6. The number of rotatable bonds is 6. The van der Waals surface area contributed by atoms with Gasteiger partial charge in [0.05, 0.1) is 24.3 Å². The Morgan fingerprint density at radius 1 is 1.04 bits per heavy atom. The zero-order chi connectivity index (χ0) is 19.2. The standard InChI is InChI=1S/C21H22N2O3S/c1-4-23-20(24)19(14-15-6-10-17(25-3)11-7-15)27-21(23)22-16-8-12-18(13-9-16)26-5-2/h6-14H,4-5H2,1-3H3/b19-14+,22-21?. The maximum absolute atomic E-state index is 12.7. The van der Waals surface area contributed by atoms with E-state index in [1.807, 2.05) is 68.5 Å². The molecule has 0 radical (unpaired) electrons. The van der Waals surface area contributed by atoms with E-state index in [4.69, 9.17) is 9.47 Å². The highest BCUT2D eigenvalue weighted by molar-refractivity contribution is 8.18. The largest absolute Gasteiger partial charge is 0.497 e. The van der Waals surface area contributed by atoms with Crippen LogP contribution in [0.2, 0.25) is 0 Å². The molecule has 3 rings (SSSR count). The van der Waals surface area contributed by atoms with Crippen LogP contribution in [0.15, 0.2) is 58.4 Å². The third-order valence-corrected chi connectivity index (χ3v) is 5.00. The van der Waals surface area contributed by atoms with Gasteiger partial charge >= 0.3 is 0 Å². The van der Waals surface area contributed by atoms with Crippen molar-refractivity contribution in [2.45, 2.75) is 13.8 Å². The number of carbonyl (C=O) groups excluding carboxylic acids is 1. The second-order valence-electron chi connectivity index (χ2n) is 5.75. The van der Waals surface area contributed by atoms with E-state index in [0.717, 1.165) is 22.7 Å². The van der Waals surface area contributed by atoms with E-state index in [9.17, 15) is 4.79 Å². The predicted molar refractivity (Wildman–Crippen MR) is 111 cm³/mol. The van der Waals surface area contributed by atoms with E-state index < -0.39 is 0 Å². The first-order valence-electron chi connectivity index (χ1n) is 8.81. The van der Waals surface area contributed by atoms with Gasteiger partial charge in [-0.05, 0) is 73.6 Å². The zero-order valence-corrected chi connectivity index (χ0v) is 16.5. The van der Waals surface area contributed by atoms with Crippen molar-refractivity contribution in [1.29, 1.82) is 0 Å². The Hall–Kier alpha value is -2.73. The summed E-state index contributed by atoms with van der Waals surface area (Å²) in [6.45, 7) is 5.09. The molecule has 0 spiro atoms. The van der Waals surface area contributed by atoms with Gasteiger partial charge in [0, 0.05) is 6.54 Å². The summed E-state index contributed by atoms with van der Waals surface area (Å²) in [5.41, 5.74) is 1.74. The van der Waals surface area contributed by atoms with Crippen LogP contribution in [-0.2, 0) is 4.79 Å². The molecule has 0 aliphatic carbocycles. The lowest BCUT2D eigenvalue weighted by atomic mass is 10.2. The van der Waals surface area contributed by atoms with Crippen LogP contribution >= 0.6 is 11.8 Å². The number of amidine groups is 1. The highest BCUT2D eigenvalue weighted by Gasteiger charge is 2.32. The molecular weight excluding hydrogens is 360 g/mol. The highest BCUT2D eigenvalue weighted by Crippen LogP contribution is 2.34. The van der Waals surface area contributed by atoms with Gasteiger partial charge in [-0.1, -0.05) is 12.1 Å². The molecule has 1 amide bonds. The minimum Gasteiger partial charge on any atom is -0.497 e. The number of thioether (sulfide) groups is 1. The van der Waals surface area contributed by atoms with E-state index in [1.165, 1.54) is 11.8 Å². The summed E-state index contributed by atoms with van der Waals surface area (Å²) in [4.78, 5) is 19.7. The first kappa shape index (κ1) is 19.0. The Bertz CT molecular complexity index is 858. The average molecular weight is 382 g/mol. The van der Waals surface area contributed by atoms with E-state index >= 15 is 0 Å². The van der Waals surface area contributed by atoms with E-state index in [2.05, 4.69) is 4.99 Å². The summed E-state index contributed by atoms with van der Waals surface area (Å²) in [6.07, 6.45) is 1.88. The van der Waals surface area contributed by atoms with Crippen molar-refractivity contribution in [3.8, 4) is 11.5 Å². The van der Waals surface area contributed by atoms with Crippen molar-refractivity contribution < 1.29 is 14.3 Å². The van der Waals surface area contributed by atoms with Gasteiger partial charge < -0.3 is 9.47 Å². The van der Waals surface area contributed by atoms with E-state index in [-0.39, 0.29) is 5.91 Å². The Kier molecular flexibility index (Phi) is 6.19. The summed E-state index contributed by atoms with van der Waals surface area (Å²) in [5.74, 6) is 1.57. The van der Waals surface area contributed by atoms with Crippen LogP contribution in [0.5, 0.6) is 11.5 Å². The summed E-state index contributed by atoms with van der Waals surface area (Å²) >= 11 is 1.39. The van der Waals surface area contributed by atoms with E-state index in [1.54, 1.807) is 12.0 Å². The molecule has 0 saturated carbocycles. The maximum atomic E-state index is 12.7. The first-order chi connectivity index (χ1) is 13.1. The Balaban J connectivity index is 1.83. The summed E-state index contributed by atoms with van der Waals surface area (Å²) < 4.78 is 10.6. The van der Waals surface area contributed by atoms with Crippen LogP contribution in [0.4, 0.5) is 5.69 Å². The fraction of sp³-hybridized carbons (Fsp3) is 0.238. The molecule has 0 N–H and O–H groups in total. The monoisotopic (exact) mass is 382 g/mol. The normalized spacial score (nSPS) is 17.0. The van der Waals surface area contributed by atoms with Crippen molar-refractivity contribution in [1.82, 2.24) is 4.90 Å². The van der Waals surface area contributed by atoms with Crippen molar-refractivity contribution in [2.75, 3.05) is 20.3 Å². The minimum atomic E-state index is -0.0250. The third kappa shape index (κ3) is 4.52. The Morgan fingerprint density at radius 3 is 2.30 bits per heavy atom. The number of likely N-dealkylation sites (N-methyl/N-ethyl adjacent to an activating group) is 1. The van der Waals surface area contributed by atoms with Crippen molar-refractivity contribution >= 4 is 34.6 Å². The highest BCUT2D eigenvalue weighted by atomic mass is 32.2. The lowest BCUT2D eigenvalue weighted by Crippen LogP contribution is -2.28. The quantitative estimate of drug-likeness (QED) is 0.679. The molecule has 5 nitrogen and oxygen atoms in total. The number of hydrogen-bond donors (Lipinski definition) is 0. The number of methoxy groups -OCH3 is 1. The fourth-order valence-corrected chi connectivity index (χ4v) is 3.68. The second kappa shape index (κ2) is 8.77. The van der Waals surface area contributed by atoms with Gasteiger partial charge in [0.25, 0.3) is 5.91 Å². The topological polar surface area (TPSA) is 51.1 Å². The lowest BCUT2D eigenvalue weighted by molar-refractivity contribution is -0.122. The third-order valence-electron chi connectivity index (χ3n) is 3.99. The van der Waals surface area contributed by atoms with Crippen molar-refractivity contribution in [3.63, 3.8) is 0 Å². The molecule has 0 aromatic heterocycles. The molecule has 1 aliphatic rings. The molecule has 1 heterocycles. The molecule has 1 aliphatic heterocycles. The van der Waals surface area contributed by atoms with Crippen molar-refractivity contribution in [3.05, 3.63) is 59.0 Å². The summed E-state index contributed by atoms with van der Waals surface area (Å²) in [6, 6.07) is 15.2. The molecule has 1 fully saturated rings. The first-order valence-corrected chi connectivity index (χ1v) is 9.63. The van der Waals surface area contributed by atoms with Gasteiger partial charge in [-0.25, -0.2) is 4.99 Å². The molecule has 0 atom stereocenters. The average Bonchev–Trinajstić information content (AvgIpc) is 2.98. The maximum Gasteiger partial charge on any atom is 0.266 e. The smallest absolute Gasteiger partial charge is 0.266 e. The van der Waals surface area contributed by atoms with Crippen LogP contribution in [0.3, 0.4) is 0 Å². The predicted octanol–water partition coefficient (Wildman–Crippen LogP) is 4.72. The van der Waals surface area contributed by atoms with Gasteiger partial charge in [0.2, 0.25) is 0 Å². The van der Waals surface area contributed by atoms with Crippen LogP contribution in [0.1, 0.15) is 19.4 Å². The fourth-order valence-electron chi connectivity index (χ4n) is 2.62. The molecular formula is C21H22N2O3S. The lowest BCUT2D eigenvalue weighted by Gasteiger charge is -2.12. The second-order valence-corrected chi connectivity index (χ2v) is 6.76. The molecule has 2 aromatic carbocycles. The van der Waals surface area contributed by atoms with Crippen LogP contribution in [0.25, 0.3) is 6.08 Å². The SMILES string of the molecule is CCOc1ccc(N=C2S/C(=C/c3ccc(OC)cc3)C(=O)N2CC)cc1. The van der Waals surface area contributed by atoms with Gasteiger partial charge in [-0.3, -0.25) is 9.69 Å². The number of amides is 1. The number of nitrogens with zero attached hydrogens (tertiary/aromatic N) is 2. The minimum absolute atomic E-state index is 0.0250. The number of hydrogen-bond acceptors (Lipinski definition) is 5. The van der Waals surface area contributed by atoms with Crippen LogP contribution < -0.4 is 9.47 Å². The summed E-state index contributed by atoms with van der Waals surface area (Å²) in [5, 5.41) is 0.687. The van der Waals surface area contributed by atoms with Gasteiger partial charge in [0.15, 0.2) is 5.17 Å². The van der Waals surface area contributed by atoms with Crippen LogP contribution in [0, 0.1) is 0 Å². The summed E-state index contributed by atoms with van der Waals surface area (Å²) in [7, 11) is 1.63. The van der Waals surface area contributed by atoms with Gasteiger partial charge in [0.1, 0.15) is 11.5 Å². The molecule has 1 saturated heterocycles. The number of benzene rings is 2. The number of aliphatic imine (C=N–C) groups is 1. The number of carbonyl (C=O) groups is 1. The Labute approximate surface area is 163 Å². The number of ether oxygens (including phenoxy) is 2. The Morgan fingerprint density at radius 2 is 1.70 bits per heavy atom. The molecule has 27 heavy (non-hydrogen) atoms. The molecule has 0 bridgehead atoms. The molecule has 2 aromatic rings.